The smallest absolute Gasteiger partial charge is 0.271 e. The second-order valence-corrected chi connectivity index (χ2v) is 6.01. The van der Waals surface area contributed by atoms with Crippen molar-refractivity contribution in [2.45, 2.75) is 22.8 Å². The number of unbranched alkanes of at least 4 members (excludes halogenated alkanes) is 1. The fourth-order valence-corrected chi connectivity index (χ4v) is 2.70. The van der Waals surface area contributed by atoms with Crippen LogP contribution in [0, 0.1) is 0 Å². The van der Waals surface area contributed by atoms with Crippen molar-refractivity contribution in [3.63, 3.8) is 0 Å². The van der Waals surface area contributed by atoms with Crippen LogP contribution in [0.5, 0.6) is 0 Å². The lowest BCUT2D eigenvalue weighted by atomic mass is 10.3. The number of nitrogens with two attached hydrogens (primary N) is 1. The second kappa shape index (κ2) is 8.73. The zero-order valence-electron chi connectivity index (χ0n) is 12.0. The van der Waals surface area contributed by atoms with E-state index < -0.39 is 0 Å². The summed E-state index contributed by atoms with van der Waals surface area (Å²) in [7, 11) is 0. The van der Waals surface area contributed by atoms with Gasteiger partial charge < -0.3 is 11.1 Å². The molecule has 116 valence electrons. The number of hydrogen-bond donors (Lipinski definition) is 2. The van der Waals surface area contributed by atoms with E-state index in [-0.39, 0.29) is 5.91 Å². The highest BCUT2D eigenvalue weighted by Crippen LogP contribution is 2.31. The molecule has 1 amide bonds. The van der Waals surface area contributed by atoms with E-state index in [0.717, 1.165) is 17.7 Å². The van der Waals surface area contributed by atoms with Gasteiger partial charge in [0, 0.05) is 11.4 Å². The van der Waals surface area contributed by atoms with E-state index in [1.807, 2.05) is 24.3 Å². The molecule has 0 unspecified atom stereocenters. The van der Waals surface area contributed by atoms with Crippen molar-refractivity contribution in [2.75, 3.05) is 13.1 Å². The largest absolute Gasteiger partial charge is 0.351 e. The maximum Gasteiger partial charge on any atom is 0.271 e. The van der Waals surface area contributed by atoms with Gasteiger partial charge in [0.05, 0.1) is 5.02 Å². The molecular formula is C15H17ClN4OS. The van der Waals surface area contributed by atoms with Gasteiger partial charge in [0.25, 0.3) is 5.91 Å². The molecule has 0 radical (unpaired) electrons. The van der Waals surface area contributed by atoms with Gasteiger partial charge >= 0.3 is 0 Å². The fraction of sp³-hybridized carbons (Fsp3) is 0.267. The van der Waals surface area contributed by atoms with Gasteiger partial charge in [-0.2, -0.15) is 0 Å². The monoisotopic (exact) mass is 336 g/mol. The third-order valence-electron chi connectivity index (χ3n) is 2.84. The fourth-order valence-electron chi connectivity index (χ4n) is 1.70. The summed E-state index contributed by atoms with van der Waals surface area (Å²) in [5.74, 6) is -0.223. The number of carbonyl (C=O) groups is 1. The first-order chi connectivity index (χ1) is 10.7. The summed E-state index contributed by atoms with van der Waals surface area (Å²) in [5.41, 5.74) is 5.70. The van der Waals surface area contributed by atoms with E-state index in [1.54, 1.807) is 12.1 Å². The highest BCUT2D eigenvalue weighted by atomic mass is 35.5. The number of rotatable bonds is 7. The predicted octanol–water partition coefficient (Wildman–Crippen LogP) is 2.75. The highest BCUT2D eigenvalue weighted by molar-refractivity contribution is 7.99. The summed E-state index contributed by atoms with van der Waals surface area (Å²) >= 11 is 7.50. The maximum atomic E-state index is 11.9. The number of amides is 1. The SMILES string of the molecule is NCCCCNC(=O)c1ccc(Sc2ccccc2Cl)nn1. The zero-order valence-corrected chi connectivity index (χ0v) is 13.5. The molecule has 1 heterocycles. The third-order valence-corrected chi connectivity index (χ3v) is 4.28. The van der Waals surface area contributed by atoms with Crippen LogP contribution in [-0.2, 0) is 0 Å². The second-order valence-electron chi connectivity index (χ2n) is 4.54. The Morgan fingerprint density at radius 3 is 2.68 bits per heavy atom. The quantitative estimate of drug-likeness (QED) is 0.760. The lowest BCUT2D eigenvalue weighted by Gasteiger charge is -2.05. The number of nitrogens with zero attached hydrogens (tertiary/aromatic N) is 2. The van der Waals surface area contributed by atoms with Crippen LogP contribution in [0.2, 0.25) is 5.02 Å². The van der Waals surface area contributed by atoms with Gasteiger partial charge in [0.2, 0.25) is 0 Å². The molecule has 0 aliphatic carbocycles. The van der Waals surface area contributed by atoms with Gasteiger partial charge in [0.1, 0.15) is 5.03 Å². The number of halogens is 1. The molecular weight excluding hydrogens is 320 g/mol. The molecule has 0 fully saturated rings. The van der Waals surface area contributed by atoms with Crippen molar-refractivity contribution in [2.24, 2.45) is 5.73 Å². The van der Waals surface area contributed by atoms with Gasteiger partial charge in [0.15, 0.2) is 5.69 Å². The molecule has 7 heteroatoms. The Labute approximate surface area is 138 Å². The van der Waals surface area contributed by atoms with Crippen LogP contribution in [-0.4, -0.2) is 29.2 Å². The standard InChI is InChI=1S/C15H17ClN4OS/c16-11-5-1-2-6-13(11)22-14-8-7-12(19-20-14)15(21)18-10-4-3-9-17/h1-2,5-8H,3-4,9-10,17H2,(H,18,21). The third kappa shape index (κ3) is 4.98. The summed E-state index contributed by atoms with van der Waals surface area (Å²) in [4.78, 5) is 12.8. The van der Waals surface area contributed by atoms with Crippen LogP contribution in [0.25, 0.3) is 0 Å². The van der Waals surface area contributed by atoms with E-state index in [4.69, 9.17) is 17.3 Å². The van der Waals surface area contributed by atoms with E-state index in [2.05, 4.69) is 15.5 Å². The number of carbonyl (C=O) groups excluding carboxylic acids is 1. The molecule has 1 aromatic carbocycles. The van der Waals surface area contributed by atoms with Crippen LogP contribution in [0.3, 0.4) is 0 Å². The van der Waals surface area contributed by atoms with E-state index in [0.29, 0.717) is 28.8 Å². The number of benzene rings is 1. The summed E-state index contributed by atoms with van der Waals surface area (Å²) < 4.78 is 0. The first-order valence-electron chi connectivity index (χ1n) is 6.95. The van der Waals surface area contributed by atoms with Crippen LogP contribution < -0.4 is 11.1 Å². The van der Waals surface area contributed by atoms with Crippen molar-refractivity contribution in [1.29, 1.82) is 0 Å². The molecule has 0 aliphatic rings. The van der Waals surface area contributed by atoms with Crippen LogP contribution in [0.1, 0.15) is 23.3 Å². The average molecular weight is 337 g/mol. The van der Waals surface area contributed by atoms with Crippen molar-refractivity contribution in [3.8, 4) is 0 Å². The number of aromatic nitrogens is 2. The summed E-state index contributed by atoms with van der Waals surface area (Å²) in [6.07, 6.45) is 1.75. The summed E-state index contributed by atoms with van der Waals surface area (Å²) in [6.45, 7) is 1.22. The number of nitrogens with one attached hydrogen (secondary N) is 1. The zero-order chi connectivity index (χ0) is 15.8. The lowest BCUT2D eigenvalue weighted by Crippen LogP contribution is -2.26. The molecule has 5 nitrogen and oxygen atoms in total. The van der Waals surface area contributed by atoms with E-state index >= 15 is 0 Å². The van der Waals surface area contributed by atoms with Gasteiger partial charge in [-0.15, -0.1) is 10.2 Å². The molecule has 0 saturated heterocycles. The minimum Gasteiger partial charge on any atom is -0.351 e. The van der Waals surface area contributed by atoms with Crippen LogP contribution >= 0.6 is 23.4 Å². The van der Waals surface area contributed by atoms with Gasteiger partial charge in [-0.25, -0.2) is 0 Å². The molecule has 22 heavy (non-hydrogen) atoms. The summed E-state index contributed by atoms with van der Waals surface area (Å²) in [5, 5.41) is 12.1. The molecule has 3 N–H and O–H groups in total. The Kier molecular flexibility index (Phi) is 6.64. The minimum absolute atomic E-state index is 0.223. The molecule has 0 bridgehead atoms. The van der Waals surface area contributed by atoms with Gasteiger partial charge in [-0.3, -0.25) is 4.79 Å². The molecule has 0 spiro atoms. The molecule has 0 aliphatic heterocycles. The van der Waals surface area contributed by atoms with E-state index in [9.17, 15) is 4.79 Å². The maximum absolute atomic E-state index is 11.9. The Bertz CT molecular complexity index is 621. The van der Waals surface area contributed by atoms with Crippen molar-refractivity contribution in [3.05, 3.63) is 47.1 Å². The lowest BCUT2D eigenvalue weighted by molar-refractivity contribution is 0.0947. The Hall–Kier alpha value is -1.63. The molecule has 0 atom stereocenters. The average Bonchev–Trinajstić information content (AvgIpc) is 2.54. The Balaban J connectivity index is 1.92. The topological polar surface area (TPSA) is 80.9 Å². The Morgan fingerprint density at radius 1 is 1.18 bits per heavy atom. The first-order valence-corrected chi connectivity index (χ1v) is 8.14. The van der Waals surface area contributed by atoms with Gasteiger partial charge in [-0.05, 0) is 43.7 Å². The minimum atomic E-state index is -0.223. The van der Waals surface area contributed by atoms with Crippen molar-refractivity contribution < 1.29 is 4.79 Å². The number of hydrogen-bond acceptors (Lipinski definition) is 5. The molecule has 2 aromatic rings. The molecule has 2 rings (SSSR count). The van der Waals surface area contributed by atoms with Gasteiger partial charge in [-0.1, -0.05) is 35.5 Å². The van der Waals surface area contributed by atoms with Crippen LogP contribution in [0.15, 0.2) is 46.3 Å². The highest BCUT2D eigenvalue weighted by Gasteiger charge is 2.09. The molecule has 0 saturated carbocycles. The van der Waals surface area contributed by atoms with E-state index in [1.165, 1.54) is 11.8 Å². The van der Waals surface area contributed by atoms with Crippen molar-refractivity contribution >= 4 is 29.3 Å². The first kappa shape index (κ1) is 16.7. The molecule has 1 aromatic heterocycles. The predicted molar refractivity (Wildman–Crippen MR) is 88.2 cm³/mol. The Morgan fingerprint density at radius 2 is 2.00 bits per heavy atom. The summed E-state index contributed by atoms with van der Waals surface area (Å²) in [6, 6.07) is 10.9. The van der Waals surface area contributed by atoms with Crippen molar-refractivity contribution in [1.82, 2.24) is 15.5 Å². The normalized spacial score (nSPS) is 10.5. The van der Waals surface area contributed by atoms with Crippen LogP contribution in [0.4, 0.5) is 0 Å².